The van der Waals surface area contributed by atoms with Crippen molar-refractivity contribution in [1.82, 2.24) is 10.2 Å². The molecule has 0 aromatic carbocycles. The van der Waals surface area contributed by atoms with Gasteiger partial charge in [-0.1, -0.05) is 11.3 Å². The number of carbonyl (C=O) groups excluding carboxylic acids is 1. The molecule has 0 aliphatic heterocycles. The highest BCUT2D eigenvalue weighted by Gasteiger charge is 2.20. The Morgan fingerprint density at radius 3 is 2.35 bits per heavy atom. The number of rotatable bonds is 3. The van der Waals surface area contributed by atoms with Crippen LogP contribution in [0.25, 0.3) is 0 Å². The molecule has 0 aliphatic carbocycles. The van der Waals surface area contributed by atoms with E-state index in [-0.39, 0.29) is 5.56 Å². The van der Waals surface area contributed by atoms with E-state index in [4.69, 9.17) is 0 Å². The molecule has 2 heterocycles. The van der Waals surface area contributed by atoms with Crippen LogP contribution in [0.2, 0.25) is 0 Å². The van der Waals surface area contributed by atoms with E-state index in [1.54, 1.807) is 13.8 Å². The van der Waals surface area contributed by atoms with E-state index in [1.807, 2.05) is 6.92 Å². The van der Waals surface area contributed by atoms with Gasteiger partial charge in [-0.3, -0.25) is 10.6 Å². The number of aromatic nitrogens is 2. The number of anilines is 2. The summed E-state index contributed by atoms with van der Waals surface area (Å²) in [5.41, 5.74) is 0.778. The number of hydrogen-bond acceptors (Lipinski definition) is 6. The zero-order valence-corrected chi connectivity index (χ0v) is 12.6. The van der Waals surface area contributed by atoms with Gasteiger partial charge in [-0.15, -0.1) is 21.5 Å². The lowest BCUT2D eigenvalue weighted by molar-refractivity contribution is 0.0697. The third-order valence-electron chi connectivity index (χ3n) is 2.57. The normalized spacial score (nSPS) is 10.3. The van der Waals surface area contributed by atoms with E-state index in [0.29, 0.717) is 15.7 Å². The minimum Gasteiger partial charge on any atom is -0.478 e. The predicted molar refractivity (Wildman–Crippen MR) is 78.0 cm³/mol. The average molecular weight is 312 g/mol. The monoisotopic (exact) mass is 312 g/mol. The summed E-state index contributed by atoms with van der Waals surface area (Å²) in [5.74, 6) is -1.06. The van der Waals surface area contributed by atoms with E-state index in [2.05, 4.69) is 20.8 Å². The Balaban J connectivity index is 2.16. The molecule has 0 unspecified atom stereocenters. The molecular formula is C11H12N4O3S2. The smallest absolute Gasteiger partial charge is 0.338 e. The Hall–Kier alpha value is -2.00. The van der Waals surface area contributed by atoms with Crippen LogP contribution in [0, 0.1) is 20.8 Å². The van der Waals surface area contributed by atoms with Gasteiger partial charge in [0.05, 0.1) is 5.56 Å². The fourth-order valence-corrected chi connectivity index (χ4v) is 3.19. The van der Waals surface area contributed by atoms with Gasteiger partial charge in [0.25, 0.3) is 0 Å². The van der Waals surface area contributed by atoms with E-state index < -0.39 is 12.0 Å². The second kappa shape index (κ2) is 5.55. The van der Waals surface area contributed by atoms with Crippen molar-refractivity contribution in [1.29, 1.82) is 0 Å². The molecule has 0 saturated carbocycles. The highest BCUT2D eigenvalue weighted by Crippen LogP contribution is 2.32. The zero-order valence-electron chi connectivity index (χ0n) is 11.0. The van der Waals surface area contributed by atoms with Crippen molar-refractivity contribution in [3.63, 3.8) is 0 Å². The molecule has 0 atom stereocenters. The summed E-state index contributed by atoms with van der Waals surface area (Å²) >= 11 is 2.47. The lowest BCUT2D eigenvalue weighted by Crippen LogP contribution is -2.20. The van der Waals surface area contributed by atoms with Crippen molar-refractivity contribution in [3.8, 4) is 0 Å². The molecule has 0 fully saturated rings. The van der Waals surface area contributed by atoms with Crippen LogP contribution < -0.4 is 10.6 Å². The maximum Gasteiger partial charge on any atom is 0.338 e. The molecular weight excluding hydrogens is 300 g/mol. The molecule has 2 aromatic heterocycles. The number of nitrogens with zero attached hydrogens (tertiary/aromatic N) is 2. The summed E-state index contributed by atoms with van der Waals surface area (Å²) < 4.78 is 0. The van der Waals surface area contributed by atoms with Crippen molar-refractivity contribution < 1.29 is 14.7 Å². The highest BCUT2D eigenvalue weighted by atomic mass is 32.1. The van der Waals surface area contributed by atoms with Gasteiger partial charge < -0.3 is 5.11 Å². The Kier molecular flexibility index (Phi) is 4.00. The molecule has 7 nitrogen and oxygen atoms in total. The fraction of sp³-hybridized carbons (Fsp3) is 0.273. The van der Waals surface area contributed by atoms with Crippen LogP contribution in [0.15, 0.2) is 0 Å². The third kappa shape index (κ3) is 2.94. The molecule has 2 amide bonds. The molecule has 0 radical (unpaired) electrons. The van der Waals surface area contributed by atoms with Gasteiger partial charge in [-0.2, -0.15) is 0 Å². The largest absolute Gasteiger partial charge is 0.478 e. The van der Waals surface area contributed by atoms with Crippen LogP contribution in [0.3, 0.4) is 0 Å². The van der Waals surface area contributed by atoms with Gasteiger partial charge in [0.1, 0.15) is 10.0 Å². The zero-order chi connectivity index (χ0) is 14.9. The lowest BCUT2D eigenvalue weighted by atomic mass is 10.1. The minimum atomic E-state index is -1.06. The first-order chi connectivity index (χ1) is 9.38. The van der Waals surface area contributed by atoms with Gasteiger partial charge in [0.2, 0.25) is 5.13 Å². The van der Waals surface area contributed by atoms with Crippen LogP contribution in [-0.4, -0.2) is 27.3 Å². The van der Waals surface area contributed by atoms with E-state index >= 15 is 0 Å². The van der Waals surface area contributed by atoms with E-state index in [1.165, 1.54) is 22.7 Å². The van der Waals surface area contributed by atoms with Gasteiger partial charge in [-0.05, 0) is 26.3 Å². The molecule has 0 spiro atoms. The SMILES string of the molecule is Cc1nnc(NC(=O)Nc2sc(C)c(C)c2C(=O)O)s1. The van der Waals surface area contributed by atoms with Gasteiger partial charge in [0, 0.05) is 4.88 Å². The average Bonchev–Trinajstić information content (AvgIpc) is 2.84. The van der Waals surface area contributed by atoms with Crippen LogP contribution >= 0.6 is 22.7 Å². The second-order valence-electron chi connectivity index (χ2n) is 4.00. The van der Waals surface area contributed by atoms with Crippen molar-refractivity contribution in [3.05, 3.63) is 21.0 Å². The lowest BCUT2D eigenvalue weighted by Gasteiger charge is -2.04. The Morgan fingerprint density at radius 1 is 1.10 bits per heavy atom. The molecule has 3 N–H and O–H groups in total. The fourth-order valence-electron chi connectivity index (χ4n) is 1.55. The van der Waals surface area contributed by atoms with Crippen molar-refractivity contribution in [2.75, 3.05) is 10.6 Å². The Bertz CT molecular complexity index is 677. The first-order valence-electron chi connectivity index (χ1n) is 5.60. The number of carboxylic acids is 1. The number of hydrogen-bond donors (Lipinski definition) is 3. The Morgan fingerprint density at radius 2 is 1.80 bits per heavy atom. The molecule has 2 rings (SSSR count). The van der Waals surface area contributed by atoms with E-state index in [0.717, 1.165) is 9.88 Å². The number of carboxylic acid groups (broad SMARTS) is 1. The number of thiophene rings is 1. The van der Waals surface area contributed by atoms with Crippen LogP contribution in [0.1, 0.15) is 25.8 Å². The molecule has 9 heteroatoms. The quantitative estimate of drug-likeness (QED) is 0.808. The molecule has 0 bridgehead atoms. The number of nitrogens with one attached hydrogen (secondary N) is 2. The topological polar surface area (TPSA) is 104 Å². The predicted octanol–water partition coefficient (Wildman–Crippen LogP) is 2.87. The molecule has 20 heavy (non-hydrogen) atoms. The number of aryl methyl sites for hydroxylation is 2. The summed E-state index contributed by atoms with van der Waals surface area (Å²) in [7, 11) is 0. The standard InChI is InChI=1S/C11H12N4O3S2/c1-4-5(2)19-8(7(4)9(16)17)12-10(18)13-11-15-14-6(3)20-11/h1-3H3,(H,16,17)(H2,12,13,15,18). The van der Waals surface area contributed by atoms with Crippen LogP contribution in [0.5, 0.6) is 0 Å². The maximum atomic E-state index is 11.8. The van der Waals surface area contributed by atoms with Crippen LogP contribution in [0.4, 0.5) is 14.9 Å². The first-order valence-corrected chi connectivity index (χ1v) is 7.23. The van der Waals surface area contributed by atoms with Gasteiger partial charge in [0.15, 0.2) is 0 Å². The summed E-state index contributed by atoms with van der Waals surface area (Å²) in [6.45, 7) is 5.30. The first kappa shape index (κ1) is 14.4. The third-order valence-corrected chi connectivity index (χ3v) is 4.45. The van der Waals surface area contributed by atoms with Crippen molar-refractivity contribution >= 4 is 44.8 Å². The second-order valence-corrected chi connectivity index (χ2v) is 6.40. The number of urea groups is 1. The van der Waals surface area contributed by atoms with Gasteiger partial charge >= 0.3 is 12.0 Å². The van der Waals surface area contributed by atoms with Crippen LogP contribution in [-0.2, 0) is 0 Å². The molecule has 0 aliphatic rings. The molecule has 2 aromatic rings. The number of amides is 2. The highest BCUT2D eigenvalue weighted by molar-refractivity contribution is 7.17. The summed E-state index contributed by atoms with van der Waals surface area (Å²) in [5, 5.41) is 23.2. The number of carbonyl (C=O) groups is 2. The summed E-state index contributed by atoms with van der Waals surface area (Å²) in [4.78, 5) is 23.9. The number of aromatic carboxylic acids is 1. The molecule has 106 valence electrons. The molecule has 0 saturated heterocycles. The maximum absolute atomic E-state index is 11.8. The summed E-state index contributed by atoms with van der Waals surface area (Å²) in [6, 6.07) is -0.537. The van der Waals surface area contributed by atoms with Crippen molar-refractivity contribution in [2.45, 2.75) is 20.8 Å². The Labute approximate surface area is 122 Å². The van der Waals surface area contributed by atoms with Gasteiger partial charge in [-0.25, -0.2) is 9.59 Å². The van der Waals surface area contributed by atoms with Crippen molar-refractivity contribution in [2.24, 2.45) is 0 Å². The van der Waals surface area contributed by atoms with E-state index in [9.17, 15) is 14.7 Å². The summed E-state index contributed by atoms with van der Waals surface area (Å²) in [6.07, 6.45) is 0. The minimum absolute atomic E-state index is 0.121.